The van der Waals surface area contributed by atoms with Crippen molar-refractivity contribution in [1.29, 1.82) is 0 Å². The SMILES string of the molecule is COc1cc(OC)c(Cl)c(NC(=O)N(C)c2cc(Nc3ccc(CN(C)C)c(C(F)(F)F)c3)ncn2)c1Cl. The minimum Gasteiger partial charge on any atom is -0.495 e. The molecule has 3 aromatic rings. The molecule has 0 saturated carbocycles. The van der Waals surface area contributed by atoms with Gasteiger partial charge in [-0.25, -0.2) is 14.8 Å². The number of hydrogen-bond donors (Lipinski definition) is 2. The molecule has 14 heteroatoms. The van der Waals surface area contributed by atoms with E-state index in [1.165, 1.54) is 51.9 Å². The van der Waals surface area contributed by atoms with Crippen LogP contribution in [-0.2, 0) is 12.7 Å². The Morgan fingerprint density at radius 1 is 1.00 bits per heavy atom. The Balaban J connectivity index is 1.84. The maximum Gasteiger partial charge on any atom is 0.416 e. The number of carbonyl (C=O) groups is 1. The standard InChI is InChI=1S/C24H25Cl2F3N6O3/c1-34(2)11-13-6-7-14(8-15(13)24(27,28)29)32-18-10-19(31-12-30-18)35(3)23(36)33-22-20(25)16(37-4)9-17(38-5)21(22)26/h6-10,12H,11H2,1-5H3,(H,33,36)(H,30,31,32). The van der Waals surface area contributed by atoms with Crippen molar-refractivity contribution >= 4 is 52.2 Å². The summed E-state index contributed by atoms with van der Waals surface area (Å²) in [6.45, 7) is 0.125. The quantitative estimate of drug-likeness (QED) is 0.327. The Labute approximate surface area is 227 Å². The number of methoxy groups -OCH3 is 2. The first-order valence-electron chi connectivity index (χ1n) is 10.9. The number of aromatic nitrogens is 2. The van der Waals surface area contributed by atoms with E-state index < -0.39 is 17.8 Å². The number of carbonyl (C=O) groups excluding carboxylic acids is 1. The Morgan fingerprint density at radius 3 is 2.18 bits per heavy atom. The summed E-state index contributed by atoms with van der Waals surface area (Å²) in [6.07, 6.45) is -3.37. The molecule has 204 valence electrons. The molecular weight excluding hydrogens is 548 g/mol. The maximum atomic E-state index is 13.6. The molecular formula is C24H25Cl2F3N6O3. The van der Waals surface area contributed by atoms with Gasteiger partial charge in [-0.2, -0.15) is 13.2 Å². The van der Waals surface area contributed by atoms with Crippen molar-refractivity contribution in [3.05, 3.63) is 57.8 Å². The number of rotatable bonds is 8. The van der Waals surface area contributed by atoms with Crippen LogP contribution in [0.3, 0.4) is 0 Å². The Morgan fingerprint density at radius 2 is 1.63 bits per heavy atom. The number of nitrogens with one attached hydrogen (secondary N) is 2. The van der Waals surface area contributed by atoms with Gasteiger partial charge in [0.15, 0.2) is 0 Å². The molecule has 2 aromatic carbocycles. The van der Waals surface area contributed by atoms with Crippen molar-refractivity contribution in [2.24, 2.45) is 0 Å². The van der Waals surface area contributed by atoms with Gasteiger partial charge in [0.2, 0.25) is 0 Å². The third-order valence-corrected chi connectivity index (χ3v) is 6.03. The normalized spacial score (nSPS) is 11.3. The molecule has 1 heterocycles. The Bertz CT molecular complexity index is 1300. The lowest BCUT2D eigenvalue weighted by atomic mass is 10.1. The van der Waals surface area contributed by atoms with Gasteiger partial charge < -0.3 is 25.0 Å². The number of ether oxygens (including phenoxy) is 2. The van der Waals surface area contributed by atoms with Crippen molar-refractivity contribution in [3.63, 3.8) is 0 Å². The first-order chi connectivity index (χ1) is 17.8. The van der Waals surface area contributed by atoms with Gasteiger partial charge in [-0.15, -0.1) is 0 Å². The highest BCUT2D eigenvalue weighted by Crippen LogP contribution is 2.44. The van der Waals surface area contributed by atoms with Crippen molar-refractivity contribution in [2.45, 2.75) is 12.7 Å². The number of benzene rings is 2. The molecule has 0 aliphatic rings. The highest BCUT2D eigenvalue weighted by molar-refractivity contribution is 6.41. The molecule has 2 amide bonds. The summed E-state index contributed by atoms with van der Waals surface area (Å²) in [6, 6.07) is 6.15. The number of hydrogen-bond acceptors (Lipinski definition) is 7. The molecule has 3 rings (SSSR count). The minimum atomic E-state index is -4.54. The highest BCUT2D eigenvalue weighted by atomic mass is 35.5. The lowest BCUT2D eigenvalue weighted by Crippen LogP contribution is -2.32. The lowest BCUT2D eigenvalue weighted by Gasteiger charge is -2.20. The van der Waals surface area contributed by atoms with Crippen LogP contribution in [-0.4, -0.2) is 56.3 Å². The van der Waals surface area contributed by atoms with Crippen molar-refractivity contribution in [2.75, 3.05) is 50.9 Å². The molecule has 0 aliphatic heterocycles. The Hall–Kier alpha value is -3.48. The van der Waals surface area contributed by atoms with Gasteiger partial charge in [0, 0.05) is 31.4 Å². The predicted molar refractivity (Wildman–Crippen MR) is 141 cm³/mol. The molecule has 0 fully saturated rings. The molecule has 0 bridgehead atoms. The summed E-state index contributed by atoms with van der Waals surface area (Å²) in [5.74, 6) is 0.771. The van der Waals surface area contributed by atoms with Crippen LogP contribution in [0.5, 0.6) is 11.5 Å². The second-order valence-corrected chi connectivity index (χ2v) is 9.02. The first-order valence-corrected chi connectivity index (χ1v) is 11.7. The molecule has 0 unspecified atom stereocenters. The molecule has 0 atom stereocenters. The summed E-state index contributed by atoms with van der Waals surface area (Å²) in [4.78, 5) is 23.9. The van der Waals surface area contributed by atoms with E-state index in [2.05, 4.69) is 20.6 Å². The van der Waals surface area contributed by atoms with Crippen LogP contribution in [0.15, 0.2) is 36.7 Å². The van der Waals surface area contributed by atoms with Gasteiger partial charge in [0.25, 0.3) is 0 Å². The maximum absolute atomic E-state index is 13.6. The zero-order valence-electron chi connectivity index (χ0n) is 21.1. The smallest absolute Gasteiger partial charge is 0.416 e. The van der Waals surface area contributed by atoms with Gasteiger partial charge in [-0.05, 0) is 31.8 Å². The summed E-state index contributed by atoms with van der Waals surface area (Å²) < 4.78 is 51.4. The summed E-state index contributed by atoms with van der Waals surface area (Å²) >= 11 is 12.6. The number of urea groups is 1. The Kier molecular flexibility index (Phi) is 9.13. The van der Waals surface area contributed by atoms with Gasteiger partial charge in [-0.1, -0.05) is 29.3 Å². The zero-order valence-corrected chi connectivity index (χ0v) is 22.6. The van der Waals surface area contributed by atoms with Crippen molar-refractivity contribution in [1.82, 2.24) is 14.9 Å². The van der Waals surface area contributed by atoms with E-state index in [0.717, 1.165) is 11.0 Å². The van der Waals surface area contributed by atoms with E-state index in [9.17, 15) is 18.0 Å². The molecule has 1 aromatic heterocycles. The van der Waals surface area contributed by atoms with Crippen LogP contribution in [0.25, 0.3) is 0 Å². The topological polar surface area (TPSA) is 91.9 Å². The third kappa shape index (κ3) is 6.69. The van der Waals surface area contributed by atoms with Crippen LogP contribution >= 0.6 is 23.2 Å². The van der Waals surface area contributed by atoms with E-state index in [0.29, 0.717) is 0 Å². The largest absolute Gasteiger partial charge is 0.495 e. The second-order valence-electron chi connectivity index (χ2n) is 8.27. The molecule has 0 radical (unpaired) electrons. The van der Waals surface area contributed by atoms with E-state index in [1.54, 1.807) is 19.0 Å². The molecule has 0 saturated heterocycles. The van der Waals surface area contributed by atoms with Gasteiger partial charge in [0.05, 0.1) is 25.5 Å². The average Bonchev–Trinajstić information content (AvgIpc) is 2.86. The fourth-order valence-electron chi connectivity index (χ4n) is 3.43. The summed E-state index contributed by atoms with van der Waals surface area (Å²) in [5.41, 5.74) is -0.395. The van der Waals surface area contributed by atoms with Crippen LogP contribution in [0.1, 0.15) is 11.1 Å². The van der Waals surface area contributed by atoms with Crippen LogP contribution in [0.2, 0.25) is 10.0 Å². The molecule has 38 heavy (non-hydrogen) atoms. The van der Waals surface area contributed by atoms with Crippen molar-refractivity contribution in [3.8, 4) is 11.5 Å². The van der Waals surface area contributed by atoms with Crippen LogP contribution in [0.4, 0.5) is 41.0 Å². The third-order valence-electron chi connectivity index (χ3n) is 5.28. The van der Waals surface area contributed by atoms with Crippen LogP contribution < -0.4 is 25.0 Å². The number of anilines is 4. The van der Waals surface area contributed by atoms with Crippen molar-refractivity contribution < 1.29 is 27.4 Å². The first kappa shape index (κ1) is 29.1. The molecule has 0 aliphatic carbocycles. The zero-order chi connectivity index (χ0) is 28.2. The van der Waals surface area contributed by atoms with Gasteiger partial charge in [-0.3, -0.25) is 4.90 Å². The summed E-state index contributed by atoms with van der Waals surface area (Å²) in [5, 5.41) is 5.54. The van der Waals surface area contributed by atoms with E-state index >= 15 is 0 Å². The average molecular weight is 573 g/mol. The van der Waals surface area contributed by atoms with E-state index in [4.69, 9.17) is 32.7 Å². The highest BCUT2D eigenvalue weighted by Gasteiger charge is 2.33. The monoisotopic (exact) mass is 572 g/mol. The number of nitrogens with zero attached hydrogens (tertiary/aromatic N) is 4. The number of alkyl halides is 3. The second kappa shape index (κ2) is 11.9. The minimum absolute atomic E-state index is 0.0586. The summed E-state index contributed by atoms with van der Waals surface area (Å²) in [7, 11) is 7.60. The fourth-order valence-corrected chi connectivity index (χ4v) is 4.03. The number of halogens is 5. The van der Waals surface area contributed by atoms with Gasteiger partial charge in [0.1, 0.15) is 39.5 Å². The molecule has 2 N–H and O–H groups in total. The van der Waals surface area contributed by atoms with E-state index in [-0.39, 0.29) is 56.7 Å². The fraction of sp³-hybridized carbons (Fsp3) is 0.292. The van der Waals surface area contributed by atoms with Crippen LogP contribution in [0, 0.1) is 0 Å². The number of amides is 2. The molecule has 0 spiro atoms. The van der Waals surface area contributed by atoms with E-state index in [1.807, 2.05) is 0 Å². The molecule has 9 nitrogen and oxygen atoms in total. The predicted octanol–water partition coefficient (Wildman–Crippen LogP) is 6.29. The lowest BCUT2D eigenvalue weighted by molar-refractivity contribution is -0.138. The van der Waals surface area contributed by atoms with Gasteiger partial charge >= 0.3 is 12.2 Å².